The second kappa shape index (κ2) is 10.4. The third kappa shape index (κ3) is 4.86. The number of phenolic OH excluding ortho intramolecular Hbond substituents is 1. The highest BCUT2D eigenvalue weighted by atomic mass is 32.1. The first kappa shape index (κ1) is 24.0. The number of likely N-dealkylation sites (N-methyl/N-ethyl adjacent to an activating group) is 1. The molecule has 1 fully saturated rings. The Morgan fingerprint density at radius 1 is 1.06 bits per heavy atom. The van der Waals surface area contributed by atoms with Gasteiger partial charge in [-0.05, 0) is 73.4 Å². The molecule has 1 aliphatic heterocycles. The average Bonchev–Trinajstić information content (AvgIpc) is 3.09. The summed E-state index contributed by atoms with van der Waals surface area (Å²) in [4.78, 5) is 4.15. The monoisotopic (exact) mass is 480 g/mol. The van der Waals surface area contributed by atoms with Crippen molar-refractivity contribution in [2.45, 2.75) is 37.5 Å². The van der Waals surface area contributed by atoms with Gasteiger partial charge in [0.2, 0.25) is 0 Å². The number of aromatic hydroxyl groups is 1. The van der Waals surface area contributed by atoms with Gasteiger partial charge in [-0.25, -0.2) is 4.39 Å². The van der Waals surface area contributed by atoms with Crippen molar-refractivity contribution >= 4 is 23.0 Å². The zero-order valence-electron chi connectivity index (χ0n) is 19.3. The van der Waals surface area contributed by atoms with Gasteiger partial charge in [0.05, 0.1) is 25.3 Å². The smallest absolute Gasteiger partial charge is 0.176 e. The number of para-hydroxylation sites is 1. The Morgan fingerprint density at radius 2 is 1.76 bits per heavy atom. The molecule has 3 aromatic carbocycles. The van der Waals surface area contributed by atoms with E-state index in [9.17, 15) is 14.6 Å². The molecule has 178 valence electrons. The number of rotatable bonds is 8. The Balaban J connectivity index is 1.60. The van der Waals surface area contributed by atoms with Crippen molar-refractivity contribution in [3.8, 4) is 11.5 Å². The Bertz CT molecular complexity index is 1130. The molecule has 3 aromatic rings. The van der Waals surface area contributed by atoms with Crippen molar-refractivity contribution in [1.29, 1.82) is 0 Å². The fraction of sp³-hybridized carbons (Fsp3) is 0.296. The number of aliphatic hydroxyl groups excluding tert-OH is 1. The van der Waals surface area contributed by atoms with Crippen LogP contribution in [0.1, 0.15) is 42.5 Å². The van der Waals surface area contributed by atoms with Crippen molar-refractivity contribution in [3.05, 3.63) is 89.7 Å². The summed E-state index contributed by atoms with van der Waals surface area (Å²) in [6.07, 6.45) is 1.34. The van der Waals surface area contributed by atoms with Gasteiger partial charge in [-0.2, -0.15) is 0 Å². The van der Waals surface area contributed by atoms with Gasteiger partial charge < -0.3 is 24.7 Å². The third-order valence-corrected chi connectivity index (χ3v) is 6.96. The fourth-order valence-corrected chi connectivity index (χ4v) is 5.00. The van der Waals surface area contributed by atoms with Crippen LogP contribution in [-0.4, -0.2) is 40.4 Å². The molecule has 0 radical (unpaired) electrons. The van der Waals surface area contributed by atoms with Gasteiger partial charge >= 0.3 is 0 Å². The molecule has 1 unspecified atom stereocenters. The maximum atomic E-state index is 13.2. The number of methoxy groups -OCH3 is 1. The molecule has 5 nitrogen and oxygen atoms in total. The van der Waals surface area contributed by atoms with Crippen molar-refractivity contribution in [2.24, 2.45) is 0 Å². The minimum absolute atomic E-state index is 0.0209. The number of phenols is 1. The highest BCUT2D eigenvalue weighted by Gasteiger charge is 2.43. The summed E-state index contributed by atoms with van der Waals surface area (Å²) < 4.78 is 18.5. The van der Waals surface area contributed by atoms with Gasteiger partial charge in [-0.15, -0.1) is 0 Å². The maximum Gasteiger partial charge on any atom is 0.176 e. The topological polar surface area (TPSA) is 56.2 Å². The van der Waals surface area contributed by atoms with Crippen molar-refractivity contribution in [2.75, 3.05) is 19.1 Å². The van der Waals surface area contributed by atoms with E-state index in [0.29, 0.717) is 22.8 Å². The van der Waals surface area contributed by atoms with E-state index in [0.717, 1.165) is 24.1 Å². The van der Waals surface area contributed by atoms with Crippen LogP contribution in [0.3, 0.4) is 0 Å². The predicted octanol–water partition coefficient (Wildman–Crippen LogP) is 5.59. The van der Waals surface area contributed by atoms with E-state index in [2.05, 4.69) is 9.80 Å². The van der Waals surface area contributed by atoms with Crippen molar-refractivity contribution in [3.63, 3.8) is 0 Å². The van der Waals surface area contributed by atoms with Crippen LogP contribution in [0.5, 0.6) is 11.5 Å². The molecule has 34 heavy (non-hydrogen) atoms. The first-order valence-electron chi connectivity index (χ1n) is 11.3. The summed E-state index contributed by atoms with van der Waals surface area (Å²) in [5, 5.41) is 22.2. The Labute approximate surface area is 205 Å². The van der Waals surface area contributed by atoms with Crippen LogP contribution in [0.15, 0.2) is 72.8 Å². The first-order valence-corrected chi connectivity index (χ1v) is 11.7. The molecule has 1 aliphatic rings. The number of thiocarbonyl (C=S) groups is 1. The van der Waals surface area contributed by atoms with E-state index in [1.165, 1.54) is 12.1 Å². The second-order valence-corrected chi connectivity index (χ2v) is 8.90. The van der Waals surface area contributed by atoms with Gasteiger partial charge in [0.1, 0.15) is 17.3 Å². The Hall–Kier alpha value is -3.16. The molecular weight excluding hydrogens is 451 g/mol. The number of benzene rings is 3. The molecule has 1 heterocycles. The minimum Gasteiger partial charge on any atom is -0.507 e. The van der Waals surface area contributed by atoms with Gasteiger partial charge in [0.25, 0.3) is 0 Å². The highest BCUT2D eigenvalue weighted by Crippen LogP contribution is 2.44. The summed E-state index contributed by atoms with van der Waals surface area (Å²) in [7, 11) is 3.54. The molecule has 1 saturated heterocycles. The number of aliphatic hydroxyl groups is 1. The molecule has 4 rings (SSSR count). The molecule has 0 bridgehead atoms. The van der Waals surface area contributed by atoms with Crippen LogP contribution < -0.4 is 9.64 Å². The first-order chi connectivity index (χ1) is 16.4. The molecule has 7 heteroatoms. The summed E-state index contributed by atoms with van der Waals surface area (Å²) in [6.45, 7) is 0. The lowest BCUT2D eigenvalue weighted by Gasteiger charge is -2.29. The molecule has 0 aromatic heterocycles. The van der Waals surface area contributed by atoms with Crippen LogP contribution in [0.2, 0.25) is 0 Å². The largest absolute Gasteiger partial charge is 0.507 e. The molecular formula is C27H29FN2O3S. The van der Waals surface area contributed by atoms with E-state index < -0.39 is 6.10 Å². The van der Waals surface area contributed by atoms with Crippen LogP contribution in [0.4, 0.5) is 10.1 Å². The van der Waals surface area contributed by atoms with Crippen molar-refractivity contribution < 1.29 is 19.3 Å². The summed E-state index contributed by atoms with van der Waals surface area (Å²) in [6, 6.07) is 21.0. The van der Waals surface area contributed by atoms with Gasteiger partial charge in [-0.3, -0.25) is 0 Å². The zero-order chi connectivity index (χ0) is 24.2. The molecule has 0 saturated carbocycles. The number of anilines is 1. The molecule has 2 N–H and O–H groups in total. The second-order valence-electron chi connectivity index (χ2n) is 8.53. The van der Waals surface area contributed by atoms with E-state index in [4.69, 9.17) is 17.0 Å². The zero-order valence-corrected chi connectivity index (χ0v) is 20.1. The third-order valence-electron chi connectivity index (χ3n) is 6.47. The molecule has 0 spiro atoms. The van der Waals surface area contributed by atoms with E-state index in [1.54, 1.807) is 25.3 Å². The van der Waals surface area contributed by atoms with Crippen molar-refractivity contribution in [1.82, 2.24) is 4.90 Å². The molecule has 0 amide bonds. The summed E-state index contributed by atoms with van der Waals surface area (Å²) in [5.41, 5.74) is 2.42. The number of nitrogens with zero attached hydrogens (tertiary/aromatic N) is 2. The Morgan fingerprint density at radius 3 is 2.41 bits per heavy atom. The SMILES string of the molecule is COc1ccc([C@@H]2[C@@H](CCCC(O)c3ccc(F)cc3)N(C)C(=S)N2c2ccccc2)c(O)c1. The average molecular weight is 481 g/mol. The summed E-state index contributed by atoms with van der Waals surface area (Å²) >= 11 is 5.84. The standard InChI is InChI=1S/C27H29FN2O3S/c1-29-23(9-6-10-24(31)18-11-13-19(28)14-12-18)26(22-16-15-21(33-2)17-25(22)32)30(27(29)34)20-7-4-3-5-8-20/h3-5,7-8,11-17,23-24,26,31-32H,6,9-10H2,1-2H3/t23-,24?,26-/m1/s1. The number of ether oxygens (including phenoxy) is 1. The normalized spacial score (nSPS) is 18.9. The quantitative estimate of drug-likeness (QED) is 0.410. The predicted molar refractivity (Wildman–Crippen MR) is 136 cm³/mol. The molecule has 0 aliphatic carbocycles. The van der Waals surface area contributed by atoms with E-state index in [1.807, 2.05) is 49.5 Å². The van der Waals surface area contributed by atoms with Crippen LogP contribution >= 0.6 is 12.2 Å². The van der Waals surface area contributed by atoms with Gasteiger partial charge in [0, 0.05) is 24.4 Å². The molecule has 3 atom stereocenters. The lowest BCUT2D eigenvalue weighted by atomic mass is 9.92. The number of halogens is 1. The highest BCUT2D eigenvalue weighted by molar-refractivity contribution is 7.80. The van der Waals surface area contributed by atoms with Crippen LogP contribution in [-0.2, 0) is 0 Å². The van der Waals surface area contributed by atoms with E-state index >= 15 is 0 Å². The van der Waals surface area contributed by atoms with Crippen LogP contribution in [0, 0.1) is 5.82 Å². The number of hydrogen-bond donors (Lipinski definition) is 2. The minimum atomic E-state index is -0.669. The Kier molecular flexibility index (Phi) is 7.34. The van der Waals surface area contributed by atoms with E-state index in [-0.39, 0.29) is 23.7 Å². The lowest BCUT2D eigenvalue weighted by Crippen LogP contribution is -2.30. The van der Waals surface area contributed by atoms with Crippen LogP contribution in [0.25, 0.3) is 0 Å². The van der Waals surface area contributed by atoms with Gasteiger partial charge in [-0.1, -0.05) is 30.3 Å². The maximum absolute atomic E-state index is 13.2. The lowest BCUT2D eigenvalue weighted by molar-refractivity contribution is 0.159. The number of hydrogen-bond acceptors (Lipinski definition) is 4. The fourth-order valence-electron chi connectivity index (χ4n) is 4.64. The summed E-state index contributed by atoms with van der Waals surface area (Å²) in [5.74, 6) is 0.417. The van der Waals surface area contributed by atoms with Gasteiger partial charge in [0.15, 0.2) is 5.11 Å².